The van der Waals surface area contributed by atoms with Gasteiger partial charge < -0.3 is 14.8 Å². The first-order valence-electron chi connectivity index (χ1n) is 5.67. The van der Waals surface area contributed by atoms with Gasteiger partial charge in [-0.05, 0) is 19.8 Å². The van der Waals surface area contributed by atoms with Crippen LogP contribution in [-0.2, 0) is 14.3 Å². The van der Waals surface area contributed by atoms with E-state index in [-0.39, 0.29) is 17.9 Å². The highest BCUT2D eigenvalue weighted by Gasteiger charge is 2.31. The highest BCUT2D eigenvalue weighted by atomic mass is 79.9. The van der Waals surface area contributed by atoms with Crippen molar-refractivity contribution in [3.05, 3.63) is 0 Å². The summed E-state index contributed by atoms with van der Waals surface area (Å²) < 4.78 is 9.69. The van der Waals surface area contributed by atoms with Crippen LogP contribution in [0.1, 0.15) is 27.7 Å². The summed E-state index contributed by atoms with van der Waals surface area (Å²) in [6, 6.07) is -0.368. The van der Waals surface area contributed by atoms with E-state index in [4.69, 9.17) is 9.47 Å². The smallest absolute Gasteiger partial charge is 0.407 e. The van der Waals surface area contributed by atoms with Crippen molar-refractivity contribution >= 4 is 28.0 Å². The largest absolute Gasteiger partial charge is 0.465 e. The Labute approximate surface area is 110 Å². The lowest BCUT2D eigenvalue weighted by atomic mass is 10.0. The Bertz CT molecular complexity index is 258. The van der Waals surface area contributed by atoms with Crippen LogP contribution in [0.3, 0.4) is 0 Å². The zero-order valence-electron chi connectivity index (χ0n) is 10.7. The average molecular weight is 310 g/mol. The van der Waals surface area contributed by atoms with Crippen molar-refractivity contribution in [3.63, 3.8) is 0 Å². The molecule has 1 amide bonds. The number of esters is 1. The fourth-order valence-electron chi connectivity index (χ4n) is 1.26. The van der Waals surface area contributed by atoms with Gasteiger partial charge in [0, 0.05) is 0 Å². The second-order valence-corrected chi connectivity index (χ2v) is 4.77. The molecule has 0 unspecified atom stereocenters. The quantitative estimate of drug-likeness (QED) is 0.602. The van der Waals surface area contributed by atoms with Crippen molar-refractivity contribution in [2.24, 2.45) is 5.92 Å². The number of nitrogens with one attached hydrogen (secondary N) is 1. The summed E-state index contributed by atoms with van der Waals surface area (Å²) in [4.78, 5) is 22.3. The van der Waals surface area contributed by atoms with Crippen molar-refractivity contribution in [3.8, 4) is 0 Å². The van der Waals surface area contributed by atoms with Gasteiger partial charge in [-0.3, -0.25) is 4.79 Å². The summed E-state index contributed by atoms with van der Waals surface area (Å²) in [5, 5.41) is 2.65. The highest BCUT2D eigenvalue weighted by Crippen LogP contribution is 2.16. The highest BCUT2D eigenvalue weighted by molar-refractivity contribution is 9.10. The lowest BCUT2D eigenvalue weighted by molar-refractivity contribution is -0.143. The molecule has 0 spiro atoms. The normalized spacial score (nSPS) is 14.0. The molecule has 0 heterocycles. The predicted molar refractivity (Wildman–Crippen MR) is 68.1 cm³/mol. The zero-order chi connectivity index (χ0) is 13.4. The first-order valence-corrected chi connectivity index (χ1v) is 6.59. The Morgan fingerprint density at radius 1 is 1.18 bits per heavy atom. The summed E-state index contributed by atoms with van der Waals surface area (Å²) in [5.74, 6) is -0.309. The van der Waals surface area contributed by atoms with Crippen molar-refractivity contribution in [1.82, 2.24) is 5.32 Å². The molecule has 2 atom stereocenters. The van der Waals surface area contributed by atoms with Gasteiger partial charge in [0.15, 0.2) is 0 Å². The van der Waals surface area contributed by atoms with Crippen LogP contribution < -0.4 is 5.32 Å². The molecule has 17 heavy (non-hydrogen) atoms. The van der Waals surface area contributed by atoms with Gasteiger partial charge in [0.1, 0.15) is 4.83 Å². The van der Waals surface area contributed by atoms with Gasteiger partial charge in [-0.1, -0.05) is 29.8 Å². The third kappa shape index (κ3) is 5.91. The van der Waals surface area contributed by atoms with Gasteiger partial charge in [-0.2, -0.15) is 0 Å². The number of ether oxygens (including phenoxy) is 2. The summed E-state index contributed by atoms with van der Waals surface area (Å²) in [6.45, 7) is 7.88. The van der Waals surface area contributed by atoms with Crippen LogP contribution in [-0.4, -0.2) is 36.1 Å². The second-order valence-electron chi connectivity index (χ2n) is 3.79. The fraction of sp³-hybridized carbons (Fsp3) is 0.818. The molecule has 0 fully saturated rings. The molecule has 0 aromatic rings. The third-order valence-corrected chi connectivity index (χ3v) is 3.05. The Morgan fingerprint density at radius 2 is 1.71 bits per heavy atom. The minimum absolute atomic E-state index is 0.0770. The van der Waals surface area contributed by atoms with E-state index >= 15 is 0 Å². The number of hydrogen-bond donors (Lipinski definition) is 1. The topological polar surface area (TPSA) is 64.6 Å². The van der Waals surface area contributed by atoms with E-state index in [1.165, 1.54) is 0 Å². The number of alkyl carbamates (subject to hydrolysis) is 1. The molecule has 1 N–H and O–H groups in total. The molecule has 0 aliphatic heterocycles. The molecule has 0 saturated carbocycles. The number of alkyl halides is 1. The molecule has 5 nitrogen and oxygen atoms in total. The van der Waals surface area contributed by atoms with Gasteiger partial charge in [0.2, 0.25) is 0 Å². The monoisotopic (exact) mass is 309 g/mol. The number of carbonyl (C=O) groups is 2. The summed E-state index contributed by atoms with van der Waals surface area (Å²) >= 11 is 3.25. The molecular formula is C11H20BrNO4. The van der Waals surface area contributed by atoms with E-state index in [9.17, 15) is 9.59 Å². The van der Waals surface area contributed by atoms with E-state index in [1.807, 2.05) is 13.8 Å². The molecule has 6 heteroatoms. The number of hydrogen-bond acceptors (Lipinski definition) is 4. The fourth-order valence-corrected chi connectivity index (χ4v) is 2.13. The molecule has 0 rings (SSSR count). The van der Waals surface area contributed by atoms with Gasteiger partial charge >= 0.3 is 12.1 Å². The van der Waals surface area contributed by atoms with Crippen molar-refractivity contribution in [2.75, 3.05) is 13.2 Å². The molecule has 0 bridgehead atoms. The first kappa shape index (κ1) is 16.2. The van der Waals surface area contributed by atoms with Crippen LogP contribution in [0.15, 0.2) is 0 Å². The van der Waals surface area contributed by atoms with Gasteiger partial charge in [-0.25, -0.2) is 4.79 Å². The maximum Gasteiger partial charge on any atom is 0.407 e. The minimum Gasteiger partial charge on any atom is -0.465 e. The van der Waals surface area contributed by atoms with Crippen LogP contribution in [0.25, 0.3) is 0 Å². The maximum absolute atomic E-state index is 11.6. The van der Waals surface area contributed by atoms with Crippen LogP contribution in [0.2, 0.25) is 0 Å². The van der Waals surface area contributed by atoms with Crippen molar-refractivity contribution in [1.29, 1.82) is 0 Å². The molecule has 0 aromatic heterocycles. The zero-order valence-corrected chi connectivity index (χ0v) is 12.2. The molecule has 0 saturated heterocycles. The molecule has 0 aliphatic rings. The molecule has 0 radical (unpaired) electrons. The number of amides is 1. The average Bonchev–Trinajstić information content (AvgIpc) is 2.25. The lowest BCUT2D eigenvalue weighted by Gasteiger charge is -2.25. The number of halogens is 1. The Morgan fingerprint density at radius 3 is 2.12 bits per heavy atom. The van der Waals surface area contributed by atoms with Crippen LogP contribution in [0.5, 0.6) is 0 Å². The molecule has 0 aromatic carbocycles. The third-order valence-electron chi connectivity index (χ3n) is 2.11. The van der Waals surface area contributed by atoms with Crippen LogP contribution >= 0.6 is 15.9 Å². The standard InChI is InChI=1S/C11H20BrNO4/c1-5-16-10(14)8(12)9(7(3)4)13-11(15)17-6-2/h7-9H,5-6H2,1-4H3,(H,13,15)/t8-,9-/m1/s1. The minimum atomic E-state index is -0.577. The van der Waals surface area contributed by atoms with Crippen LogP contribution in [0, 0.1) is 5.92 Å². The van der Waals surface area contributed by atoms with Crippen molar-refractivity contribution in [2.45, 2.75) is 38.6 Å². The summed E-state index contributed by atoms with van der Waals surface area (Å²) in [5.41, 5.74) is 0. The van der Waals surface area contributed by atoms with E-state index < -0.39 is 10.9 Å². The molecule has 0 aliphatic carbocycles. The number of carbonyl (C=O) groups excluding carboxylic acids is 2. The second kappa shape index (κ2) is 8.33. The summed E-state index contributed by atoms with van der Waals surface area (Å²) in [6.07, 6.45) is -0.528. The Kier molecular flexibility index (Phi) is 7.95. The van der Waals surface area contributed by atoms with E-state index in [0.717, 1.165) is 0 Å². The van der Waals surface area contributed by atoms with E-state index in [0.29, 0.717) is 13.2 Å². The van der Waals surface area contributed by atoms with E-state index in [1.54, 1.807) is 13.8 Å². The maximum atomic E-state index is 11.6. The lowest BCUT2D eigenvalue weighted by Crippen LogP contribution is -2.48. The van der Waals surface area contributed by atoms with E-state index in [2.05, 4.69) is 21.2 Å². The first-order chi connectivity index (χ1) is 7.93. The SMILES string of the molecule is CCOC(=O)N[C@H](C(C)C)[C@@H](Br)C(=O)OCC. The van der Waals surface area contributed by atoms with Gasteiger partial charge in [-0.15, -0.1) is 0 Å². The predicted octanol–water partition coefficient (Wildman–Crippen LogP) is 2.08. The van der Waals surface area contributed by atoms with Gasteiger partial charge in [0.25, 0.3) is 0 Å². The molecule has 100 valence electrons. The summed E-state index contributed by atoms with van der Waals surface area (Å²) in [7, 11) is 0. The van der Waals surface area contributed by atoms with Crippen molar-refractivity contribution < 1.29 is 19.1 Å². The number of rotatable bonds is 6. The Hall–Kier alpha value is -0.780. The van der Waals surface area contributed by atoms with Gasteiger partial charge in [0.05, 0.1) is 19.3 Å². The Balaban J connectivity index is 4.51. The van der Waals surface area contributed by atoms with Crippen LogP contribution in [0.4, 0.5) is 4.79 Å². The molecular weight excluding hydrogens is 290 g/mol.